The van der Waals surface area contributed by atoms with E-state index in [2.05, 4.69) is 39.1 Å². The second-order valence-electron chi connectivity index (χ2n) is 4.15. The van der Waals surface area contributed by atoms with Crippen LogP contribution < -0.4 is 5.73 Å². The molecule has 94 valence electrons. The zero-order valence-electron chi connectivity index (χ0n) is 10.0. The second-order valence-corrected chi connectivity index (χ2v) is 5.90. The van der Waals surface area contributed by atoms with Crippen molar-refractivity contribution in [3.63, 3.8) is 0 Å². The van der Waals surface area contributed by atoms with Gasteiger partial charge >= 0.3 is 0 Å². The number of nitrogens with two attached hydrogens (primary N) is 1. The first-order chi connectivity index (χ1) is 9.24. The molecule has 0 atom stereocenters. The van der Waals surface area contributed by atoms with Crippen LogP contribution in [0, 0.1) is 0 Å². The summed E-state index contributed by atoms with van der Waals surface area (Å²) in [5.41, 5.74) is 9.92. The molecular weight excluding hydrogens is 320 g/mol. The van der Waals surface area contributed by atoms with Gasteiger partial charge in [0.15, 0.2) is 0 Å². The minimum absolute atomic E-state index is 0.774. The summed E-state index contributed by atoms with van der Waals surface area (Å²) in [6.07, 6.45) is 1.82. The molecule has 0 fully saturated rings. The average Bonchev–Trinajstić information content (AvgIpc) is 2.94. The van der Waals surface area contributed by atoms with E-state index in [-0.39, 0.29) is 0 Å². The van der Waals surface area contributed by atoms with Gasteiger partial charge in [-0.25, -0.2) is 4.98 Å². The molecular formula is C15H11BrN2S. The minimum atomic E-state index is 0.774. The molecule has 0 aliphatic rings. The SMILES string of the molecule is Nc1ccc(-c2cc(-c3nccs3)ccc2Br)cc1. The number of anilines is 1. The third kappa shape index (κ3) is 2.55. The first-order valence-electron chi connectivity index (χ1n) is 5.79. The Morgan fingerprint density at radius 2 is 1.74 bits per heavy atom. The van der Waals surface area contributed by atoms with E-state index in [0.717, 1.165) is 31.9 Å². The fourth-order valence-electron chi connectivity index (χ4n) is 1.91. The van der Waals surface area contributed by atoms with Crippen molar-refractivity contribution in [2.24, 2.45) is 0 Å². The van der Waals surface area contributed by atoms with Gasteiger partial charge in [0.05, 0.1) is 0 Å². The Balaban J connectivity index is 2.10. The molecule has 0 amide bonds. The molecule has 0 aliphatic heterocycles. The fourth-order valence-corrected chi connectivity index (χ4v) is 3.02. The highest BCUT2D eigenvalue weighted by Gasteiger charge is 2.07. The Bertz CT molecular complexity index is 691. The van der Waals surface area contributed by atoms with Crippen molar-refractivity contribution < 1.29 is 0 Å². The Morgan fingerprint density at radius 1 is 1.00 bits per heavy atom. The van der Waals surface area contributed by atoms with Crippen LogP contribution in [-0.2, 0) is 0 Å². The molecule has 1 aromatic heterocycles. The van der Waals surface area contributed by atoms with Crippen LogP contribution in [0.4, 0.5) is 5.69 Å². The number of benzene rings is 2. The van der Waals surface area contributed by atoms with Gasteiger partial charge in [-0.15, -0.1) is 11.3 Å². The van der Waals surface area contributed by atoms with Crippen LogP contribution in [0.25, 0.3) is 21.7 Å². The number of halogens is 1. The largest absolute Gasteiger partial charge is 0.399 e. The smallest absolute Gasteiger partial charge is 0.123 e. The monoisotopic (exact) mass is 330 g/mol. The van der Waals surface area contributed by atoms with Gasteiger partial charge in [-0.2, -0.15) is 0 Å². The molecule has 2 nitrogen and oxygen atoms in total. The molecule has 4 heteroatoms. The number of nitrogen functional groups attached to an aromatic ring is 1. The van der Waals surface area contributed by atoms with E-state index in [1.807, 2.05) is 35.8 Å². The molecule has 0 saturated heterocycles. The first kappa shape index (κ1) is 12.4. The predicted molar refractivity (Wildman–Crippen MR) is 85.1 cm³/mol. The molecule has 0 saturated carbocycles. The van der Waals surface area contributed by atoms with E-state index < -0.39 is 0 Å². The molecule has 3 rings (SSSR count). The van der Waals surface area contributed by atoms with Gasteiger partial charge in [0, 0.05) is 27.3 Å². The molecule has 2 aromatic carbocycles. The Hall–Kier alpha value is -1.65. The zero-order valence-corrected chi connectivity index (χ0v) is 12.4. The summed E-state index contributed by atoms with van der Waals surface area (Å²) in [7, 11) is 0. The number of aromatic nitrogens is 1. The third-order valence-corrected chi connectivity index (χ3v) is 4.38. The molecule has 1 heterocycles. The number of nitrogens with zero attached hydrogens (tertiary/aromatic N) is 1. The lowest BCUT2D eigenvalue weighted by atomic mass is 10.0. The summed E-state index contributed by atoms with van der Waals surface area (Å²) >= 11 is 5.24. The summed E-state index contributed by atoms with van der Waals surface area (Å²) in [5, 5.41) is 3.02. The van der Waals surface area contributed by atoms with Gasteiger partial charge in [0.2, 0.25) is 0 Å². The third-order valence-electron chi connectivity index (χ3n) is 2.87. The topological polar surface area (TPSA) is 38.9 Å². The maximum atomic E-state index is 5.73. The quantitative estimate of drug-likeness (QED) is 0.684. The molecule has 19 heavy (non-hydrogen) atoms. The van der Waals surface area contributed by atoms with E-state index >= 15 is 0 Å². The van der Waals surface area contributed by atoms with E-state index in [9.17, 15) is 0 Å². The second kappa shape index (κ2) is 5.15. The van der Waals surface area contributed by atoms with Gasteiger partial charge in [0.25, 0.3) is 0 Å². The highest BCUT2D eigenvalue weighted by atomic mass is 79.9. The lowest BCUT2D eigenvalue weighted by Crippen LogP contribution is -1.86. The van der Waals surface area contributed by atoms with Crippen LogP contribution in [-0.4, -0.2) is 4.98 Å². The van der Waals surface area contributed by atoms with E-state index in [1.54, 1.807) is 11.3 Å². The first-order valence-corrected chi connectivity index (χ1v) is 7.46. The van der Waals surface area contributed by atoms with E-state index in [0.29, 0.717) is 0 Å². The number of hydrogen-bond donors (Lipinski definition) is 1. The highest BCUT2D eigenvalue weighted by Crippen LogP contribution is 2.33. The van der Waals surface area contributed by atoms with Gasteiger partial charge in [0.1, 0.15) is 5.01 Å². The molecule has 0 spiro atoms. The molecule has 3 aromatic rings. The van der Waals surface area contributed by atoms with Crippen molar-refractivity contribution in [3.8, 4) is 21.7 Å². The van der Waals surface area contributed by atoms with Crippen LogP contribution >= 0.6 is 27.3 Å². The van der Waals surface area contributed by atoms with Crippen molar-refractivity contribution in [2.75, 3.05) is 5.73 Å². The summed E-state index contributed by atoms with van der Waals surface area (Å²) in [4.78, 5) is 4.35. The van der Waals surface area contributed by atoms with Crippen molar-refractivity contribution >= 4 is 33.0 Å². The fraction of sp³-hybridized carbons (Fsp3) is 0. The number of rotatable bonds is 2. The van der Waals surface area contributed by atoms with Crippen molar-refractivity contribution in [1.29, 1.82) is 0 Å². The maximum absolute atomic E-state index is 5.73. The zero-order chi connectivity index (χ0) is 13.2. The van der Waals surface area contributed by atoms with Gasteiger partial charge in [-0.1, -0.05) is 34.1 Å². The standard InChI is InChI=1S/C15H11BrN2S/c16-14-6-3-11(15-18-7-8-19-15)9-13(14)10-1-4-12(17)5-2-10/h1-9H,17H2. The van der Waals surface area contributed by atoms with Gasteiger partial charge in [-0.05, 0) is 35.4 Å². The summed E-state index contributed by atoms with van der Waals surface area (Å²) < 4.78 is 1.07. The molecule has 2 N–H and O–H groups in total. The molecule has 0 bridgehead atoms. The highest BCUT2D eigenvalue weighted by molar-refractivity contribution is 9.10. The Labute approximate surface area is 124 Å². The molecule has 0 radical (unpaired) electrons. The average molecular weight is 331 g/mol. The Kier molecular flexibility index (Phi) is 3.36. The van der Waals surface area contributed by atoms with Crippen LogP contribution in [0.15, 0.2) is 58.5 Å². The maximum Gasteiger partial charge on any atom is 0.123 e. The minimum Gasteiger partial charge on any atom is -0.399 e. The van der Waals surface area contributed by atoms with Crippen LogP contribution in [0.5, 0.6) is 0 Å². The number of hydrogen-bond acceptors (Lipinski definition) is 3. The van der Waals surface area contributed by atoms with Crippen LogP contribution in [0.1, 0.15) is 0 Å². The predicted octanol–water partition coefficient (Wildman–Crippen LogP) is 4.82. The number of thiazole rings is 1. The van der Waals surface area contributed by atoms with Gasteiger partial charge in [-0.3, -0.25) is 0 Å². The van der Waals surface area contributed by atoms with Crippen molar-refractivity contribution in [3.05, 3.63) is 58.5 Å². The van der Waals surface area contributed by atoms with Crippen LogP contribution in [0.2, 0.25) is 0 Å². The Morgan fingerprint density at radius 3 is 2.42 bits per heavy atom. The van der Waals surface area contributed by atoms with Crippen LogP contribution in [0.3, 0.4) is 0 Å². The van der Waals surface area contributed by atoms with Gasteiger partial charge < -0.3 is 5.73 Å². The lowest BCUT2D eigenvalue weighted by molar-refractivity contribution is 1.41. The van der Waals surface area contributed by atoms with Crippen molar-refractivity contribution in [2.45, 2.75) is 0 Å². The van der Waals surface area contributed by atoms with E-state index in [1.165, 1.54) is 0 Å². The normalized spacial score (nSPS) is 10.6. The summed E-state index contributed by atoms with van der Waals surface area (Å²) in [6.45, 7) is 0. The lowest BCUT2D eigenvalue weighted by Gasteiger charge is -2.07. The summed E-state index contributed by atoms with van der Waals surface area (Å²) in [6, 6.07) is 14.2. The van der Waals surface area contributed by atoms with Crippen molar-refractivity contribution in [1.82, 2.24) is 4.98 Å². The van der Waals surface area contributed by atoms with E-state index in [4.69, 9.17) is 5.73 Å². The molecule has 0 unspecified atom stereocenters. The summed E-state index contributed by atoms with van der Waals surface area (Å²) in [5.74, 6) is 0. The molecule has 0 aliphatic carbocycles.